The van der Waals surface area contributed by atoms with Gasteiger partial charge in [0.2, 0.25) is 5.88 Å². The monoisotopic (exact) mass is 203 g/mol. The largest absolute Gasteiger partial charge is 0.481 e. The van der Waals surface area contributed by atoms with Gasteiger partial charge >= 0.3 is 5.97 Å². The maximum absolute atomic E-state index is 12.3. The number of nitrogens with zero attached hydrogens (tertiary/aromatic N) is 1. The standard InChI is InChI=1S/C8H7F2NO3/c1-14-6-3-4(7(9)10)2-5(11-6)8(12)13/h2-3,7H,1H3,(H,12,13). The maximum atomic E-state index is 12.3. The highest BCUT2D eigenvalue weighted by molar-refractivity contribution is 5.85. The number of carbonyl (C=O) groups is 1. The first-order valence-corrected chi connectivity index (χ1v) is 3.62. The summed E-state index contributed by atoms with van der Waals surface area (Å²) in [4.78, 5) is 14.0. The van der Waals surface area contributed by atoms with Crippen LogP contribution in [0, 0.1) is 0 Å². The van der Waals surface area contributed by atoms with Crippen LogP contribution in [-0.2, 0) is 0 Å². The average molecular weight is 203 g/mol. The lowest BCUT2D eigenvalue weighted by molar-refractivity contribution is 0.0688. The van der Waals surface area contributed by atoms with Crippen molar-refractivity contribution in [2.45, 2.75) is 6.43 Å². The highest BCUT2D eigenvalue weighted by atomic mass is 19.3. The zero-order valence-corrected chi connectivity index (χ0v) is 7.20. The first kappa shape index (κ1) is 10.4. The Labute approximate surface area is 78.1 Å². The van der Waals surface area contributed by atoms with Crippen molar-refractivity contribution in [2.75, 3.05) is 7.11 Å². The summed E-state index contributed by atoms with van der Waals surface area (Å²) in [6.45, 7) is 0. The minimum atomic E-state index is -2.75. The second-order valence-corrected chi connectivity index (χ2v) is 2.43. The molecule has 0 fully saturated rings. The predicted octanol–water partition coefficient (Wildman–Crippen LogP) is 1.73. The number of hydrogen-bond acceptors (Lipinski definition) is 3. The number of rotatable bonds is 3. The Kier molecular flexibility index (Phi) is 2.95. The van der Waals surface area contributed by atoms with Gasteiger partial charge in [0.25, 0.3) is 6.43 Å². The van der Waals surface area contributed by atoms with E-state index >= 15 is 0 Å². The number of halogens is 2. The fourth-order valence-corrected chi connectivity index (χ4v) is 0.865. The van der Waals surface area contributed by atoms with Crippen LogP contribution in [-0.4, -0.2) is 23.2 Å². The van der Waals surface area contributed by atoms with E-state index in [-0.39, 0.29) is 5.88 Å². The van der Waals surface area contributed by atoms with E-state index in [2.05, 4.69) is 9.72 Å². The summed E-state index contributed by atoms with van der Waals surface area (Å²) in [6, 6.07) is 1.81. The Bertz CT molecular complexity index is 354. The molecule has 1 N–H and O–H groups in total. The molecular formula is C8H7F2NO3. The molecule has 0 aliphatic rings. The molecule has 0 amide bonds. The van der Waals surface area contributed by atoms with Gasteiger partial charge in [0.05, 0.1) is 7.11 Å². The summed E-state index contributed by atoms with van der Waals surface area (Å²) in [5.74, 6) is -1.51. The molecule has 0 unspecified atom stereocenters. The van der Waals surface area contributed by atoms with Crippen LogP contribution in [0.15, 0.2) is 12.1 Å². The van der Waals surface area contributed by atoms with Gasteiger partial charge in [0.15, 0.2) is 5.69 Å². The van der Waals surface area contributed by atoms with E-state index in [9.17, 15) is 13.6 Å². The van der Waals surface area contributed by atoms with E-state index in [4.69, 9.17) is 5.11 Å². The van der Waals surface area contributed by atoms with Crippen molar-refractivity contribution < 1.29 is 23.4 Å². The molecule has 1 rings (SSSR count). The quantitative estimate of drug-likeness (QED) is 0.812. The van der Waals surface area contributed by atoms with E-state index in [0.717, 1.165) is 12.1 Å². The van der Waals surface area contributed by atoms with Crippen molar-refractivity contribution in [3.63, 3.8) is 0 Å². The van der Waals surface area contributed by atoms with Gasteiger partial charge < -0.3 is 9.84 Å². The van der Waals surface area contributed by atoms with Crippen molar-refractivity contribution in [1.29, 1.82) is 0 Å². The SMILES string of the molecule is COc1cc(C(F)F)cc(C(=O)O)n1. The van der Waals surface area contributed by atoms with E-state index in [1.165, 1.54) is 7.11 Å². The van der Waals surface area contributed by atoms with E-state index in [1.807, 2.05) is 0 Å². The Morgan fingerprint density at radius 2 is 2.21 bits per heavy atom. The second kappa shape index (κ2) is 3.99. The smallest absolute Gasteiger partial charge is 0.354 e. The summed E-state index contributed by atoms with van der Waals surface area (Å²) in [5.41, 5.74) is -0.881. The summed E-state index contributed by atoms with van der Waals surface area (Å²) >= 11 is 0. The van der Waals surface area contributed by atoms with Crippen LogP contribution < -0.4 is 4.74 Å². The fraction of sp³-hybridized carbons (Fsp3) is 0.250. The number of aromatic carboxylic acids is 1. The number of carboxylic acids is 1. The Balaban J connectivity index is 3.20. The van der Waals surface area contributed by atoms with Gasteiger partial charge in [0.1, 0.15) is 0 Å². The maximum Gasteiger partial charge on any atom is 0.354 e. The summed E-state index contributed by atoms with van der Waals surface area (Å²) in [6.07, 6.45) is -2.75. The molecule has 0 saturated heterocycles. The van der Waals surface area contributed by atoms with Crippen molar-refractivity contribution >= 4 is 5.97 Å². The molecule has 14 heavy (non-hydrogen) atoms. The van der Waals surface area contributed by atoms with Gasteiger partial charge in [-0.15, -0.1) is 0 Å². The normalized spacial score (nSPS) is 10.3. The summed E-state index contributed by atoms with van der Waals surface area (Å²) in [7, 11) is 1.23. The molecule has 0 bridgehead atoms. The first-order chi connectivity index (χ1) is 6.54. The molecule has 0 aliphatic carbocycles. The van der Waals surface area contributed by atoms with Gasteiger partial charge in [-0.2, -0.15) is 0 Å². The van der Waals surface area contributed by atoms with Crippen LogP contribution in [0.3, 0.4) is 0 Å². The Morgan fingerprint density at radius 3 is 2.64 bits per heavy atom. The predicted molar refractivity (Wildman–Crippen MR) is 42.7 cm³/mol. The Hall–Kier alpha value is -1.72. The second-order valence-electron chi connectivity index (χ2n) is 2.43. The van der Waals surface area contributed by atoms with Gasteiger partial charge in [-0.3, -0.25) is 0 Å². The molecule has 0 saturated carbocycles. The highest BCUT2D eigenvalue weighted by Gasteiger charge is 2.14. The lowest BCUT2D eigenvalue weighted by Gasteiger charge is -2.04. The Morgan fingerprint density at radius 1 is 1.57 bits per heavy atom. The van der Waals surface area contributed by atoms with Gasteiger partial charge in [-0.25, -0.2) is 18.6 Å². The molecule has 1 aromatic heterocycles. The van der Waals surface area contributed by atoms with Gasteiger partial charge in [-0.05, 0) is 6.07 Å². The van der Waals surface area contributed by atoms with Crippen molar-refractivity contribution in [1.82, 2.24) is 4.98 Å². The van der Waals surface area contributed by atoms with Crippen molar-refractivity contribution in [3.8, 4) is 5.88 Å². The van der Waals surface area contributed by atoms with Crippen molar-refractivity contribution in [2.24, 2.45) is 0 Å². The van der Waals surface area contributed by atoms with Crippen LogP contribution in [0.2, 0.25) is 0 Å². The van der Waals surface area contributed by atoms with E-state index in [0.29, 0.717) is 0 Å². The number of methoxy groups -OCH3 is 1. The van der Waals surface area contributed by atoms with Crippen LogP contribution in [0.1, 0.15) is 22.5 Å². The lowest BCUT2D eigenvalue weighted by atomic mass is 10.2. The molecule has 0 radical (unpaired) electrons. The third kappa shape index (κ3) is 2.15. The molecule has 4 nitrogen and oxygen atoms in total. The number of alkyl halides is 2. The molecular weight excluding hydrogens is 196 g/mol. The zero-order valence-electron chi connectivity index (χ0n) is 7.20. The van der Waals surface area contributed by atoms with E-state index < -0.39 is 23.7 Å². The molecule has 0 aromatic carbocycles. The van der Waals surface area contributed by atoms with Gasteiger partial charge in [0, 0.05) is 11.6 Å². The number of hydrogen-bond donors (Lipinski definition) is 1. The average Bonchev–Trinajstić information content (AvgIpc) is 2.16. The van der Waals surface area contributed by atoms with E-state index in [1.54, 1.807) is 0 Å². The first-order valence-electron chi connectivity index (χ1n) is 3.62. The highest BCUT2D eigenvalue weighted by Crippen LogP contribution is 2.22. The molecule has 6 heteroatoms. The topological polar surface area (TPSA) is 59.4 Å². The van der Waals surface area contributed by atoms with Crippen LogP contribution in [0.25, 0.3) is 0 Å². The van der Waals surface area contributed by atoms with Crippen LogP contribution in [0.5, 0.6) is 5.88 Å². The number of ether oxygens (including phenoxy) is 1. The number of carboxylic acid groups (broad SMARTS) is 1. The summed E-state index contributed by atoms with van der Waals surface area (Å²) < 4.78 is 29.1. The van der Waals surface area contributed by atoms with Crippen molar-refractivity contribution in [3.05, 3.63) is 23.4 Å². The van der Waals surface area contributed by atoms with Crippen LogP contribution >= 0.6 is 0 Å². The zero-order chi connectivity index (χ0) is 10.7. The minimum Gasteiger partial charge on any atom is -0.481 e. The fourth-order valence-electron chi connectivity index (χ4n) is 0.865. The summed E-state index contributed by atoms with van der Waals surface area (Å²) in [5, 5.41) is 8.55. The third-order valence-electron chi connectivity index (χ3n) is 1.50. The lowest BCUT2D eigenvalue weighted by Crippen LogP contribution is -2.03. The third-order valence-corrected chi connectivity index (χ3v) is 1.50. The van der Waals surface area contributed by atoms with Crippen LogP contribution in [0.4, 0.5) is 8.78 Å². The molecule has 1 aromatic rings. The molecule has 76 valence electrons. The number of pyridine rings is 1. The molecule has 1 heterocycles. The molecule has 0 aliphatic heterocycles. The minimum absolute atomic E-state index is 0.139. The molecule has 0 atom stereocenters. The molecule has 0 spiro atoms. The van der Waals surface area contributed by atoms with Gasteiger partial charge in [-0.1, -0.05) is 0 Å². The number of aromatic nitrogens is 1.